The van der Waals surface area contributed by atoms with Gasteiger partial charge in [0, 0.05) is 43.5 Å². The Balaban J connectivity index is 1.74. The second-order valence-electron chi connectivity index (χ2n) is 6.42. The number of rotatable bonds is 4. The highest BCUT2D eigenvalue weighted by molar-refractivity contribution is 7.98. The number of nitrogens with zero attached hydrogens (tertiary/aromatic N) is 4. The Morgan fingerprint density at radius 1 is 1.28 bits per heavy atom. The standard InChI is InChI=1S/C19H24N4OS/c1-14-11-20-19(21-12-14)22(2)15-7-6-10-23(13-15)18(24)16-8-4-5-9-17(16)25-3/h4-5,8-9,11-12,15H,6-7,10,13H2,1-3H3. The van der Waals surface area contributed by atoms with Crippen molar-refractivity contribution in [2.24, 2.45) is 0 Å². The molecular weight excluding hydrogens is 332 g/mol. The average Bonchev–Trinajstić information content (AvgIpc) is 2.67. The molecule has 1 aromatic carbocycles. The Morgan fingerprint density at radius 2 is 2.00 bits per heavy atom. The van der Waals surface area contributed by atoms with E-state index >= 15 is 0 Å². The van der Waals surface area contributed by atoms with E-state index in [2.05, 4.69) is 14.9 Å². The summed E-state index contributed by atoms with van der Waals surface area (Å²) in [7, 11) is 2.01. The Bertz CT molecular complexity index is 734. The first kappa shape index (κ1) is 17.7. The molecule has 132 valence electrons. The summed E-state index contributed by atoms with van der Waals surface area (Å²) in [5.74, 6) is 0.835. The summed E-state index contributed by atoms with van der Waals surface area (Å²) in [5.41, 5.74) is 1.84. The van der Waals surface area contributed by atoms with Crippen molar-refractivity contribution in [2.75, 3.05) is 31.3 Å². The molecule has 0 radical (unpaired) electrons. The number of aromatic nitrogens is 2. The van der Waals surface area contributed by atoms with Crippen molar-refractivity contribution in [1.82, 2.24) is 14.9 Å². The summed E-state index contributed by atoms with van der Waals surface area (Å²) < 4.78 is 0. The van der Waals surface area contributed by atoms with Gasteiger partial charge >= 0.3 is 0 Å². The molecule has 0 saturated carbocycles. The van der Waals surface area contributed by atoms with Crippen molar-refractivity contribution in [2.45, 2.75) is 30.7 Å². The Morgan fingerprint density at radius 3 is 2.72 bits per heavy atom. The molecule has 1 aromatic heterocycles. The summed E-state index contributed by atoms with van der Waals surface area (Å²) in [4.78, 5) is 26.9. The zero-order chi connectivity index (χ0) is 17.8. The first-order valence-electron chi connectivity index (χ1n) is 8.54. The molecule has 5 nitrogen and oxygen atoms in total. The van der Waals surface area contributed by atoms with Crippen molar-refractivity contribution < 1.29 is 4.79 Å². The molecule has 1 amide bonds. The molecular formula is C19H24N4OS. The molecule has 25 heavy (non-hydrogen) atoms. The highest BCUT2D eigenvalue weighted by atomic mass is 32.2. The van der Waals surface area contributed by atoms with Crippen LogP contribution >= 0.6 is 11.8 Å². The van der Waals surface area contributed by atoms with Crippen molar-refractivity contribution in [3.8, 4) is 0 Å². The summed E-state index contributed by atoms with van der Waals surface area (Å²) >= 11 is 1.62. The van der Waals surface area contributed by atoms with Gasteiger partial charge in [0.2, 0.25) is 5.95 Å². The largest absolute Gasteiger partial charge is 0.339 e. The van der Waals surface area contributed by atoms with Crippen molar-refractivity contribution in [1.29, 1.82) is 0 Å². The molecule has 2 heterocycles. The molecule has 1 atom stereocenters. The van der Waals surface area contributed by atoms with Gasteiger partial charge in [0.1, 0.15) is 0 Å². The van der Waals surface area contributed by atoms with Crippen molar-refractivity contribution in [3.63, 3.8) is 0 Å². The summed E-state index contributed by atoms with van der Waals surface area (Å²) in [6, 6.07) is 8.07. The summed E-state index contributed by atoms with van der Waals surface area (Å²) in [5, 5.41) is 0. The number of thioether (sulfide) groups is 1. The quantitative estimate of drug-likeness (QED) is 0.787. The lowest BCUT2D eigenvalue weighted by Crippen LogP contribution is -2.49. The maximum Gasteiger partial charge on any atom is 0.255 e. The molecule has 1 aliphatic heterocycles. The first-order valence-corrected chi connectivity index (χ1v) is 9.76. The maximum atomic E-state index is 13.0. The van der Waals surface area contributed by atoms with Crippen LogP contribution in [0.25, 0.3) is 0 Å². The zero-order valence-corrected chi connectivity index (χ0v) is 15.8. The minimum atomic E-state index is 0.118. The van der Waals surface area contributed by atoms with Crippen molar-refractivity contribution >= 4 is 23.6 Å². The highest BCUT2D eigenvalue weighted by Crippen LogP contribution is 2.24. The number of carbonyl (C=O) groups is 1. The van der Waals surface area contributed by atoms with Crippen LogP contribution in [0.4, 0.5) is 5.95 Å². The minimum Gasteiger partial charge on any atom is -0.339 e. The second kappa shape index (κ2) is 7.87. The van der Waals surface area contributed by atoms with Gasteiger partial charge in [-0.1, -0.05) is 12.1 Å². The van der Waals surface area contributed by atoms with Crippen LogP contribution in [0.15, 0.2) is 41.6 Å². The van der Waals surface area contributed by atoms with E-state index in [1.165, 1.54) is 0 Å². The predicted octanol–water partition coefficient (Wildman–Crippen LogP) is 3.25. The Labute approximate surface area is 153 Å². The van der Waals surface area contributed by atoms with Crippen LogP contribution in [-0.4, -0.2) is 53.2 Å². The third-order valence-corrected chi connectivity index (χ3v) is 5.45. The van der Waals surface area contributed by atoms with Gasteiger partial charge in [-0.25, -0.2) is 9.97 Å². The van der Waals surface area contributed by atoms with E-state index in [1.54, 1.807) is 11.8 Å². The van der Waals surface area contributed by atoms with Gasteiger partial charge in [0.25, 0.3) is 5.91 Å². The smallest absolute Gasteiger partial charge is 0.255 e. The van der Waals surface area contributed by atoms with Crippen LogP contribution in [0.3, 0.4) is 0 Å². The van der Waals surface area contributed by atoms with Gasteiger partial charge in [-0.15, -0.1) is 11.8 Å². The number of carbonyl (C=O) groups excluding carboxylic acids is 1. The highest BCUT2D eigenvalue weighted by Gasteiger charge is 2.28. The molecule has 1 fully saturated rings. The van der Waals surface area contributed by atoms with Crippen LogP contribution in [0.5, 0.6) is 0 Å². The topological polar surface area (TPSA) is 49.3 Å². The van der Waals surface area contributed by atoms with Crippen LogP contribution in [0.2, 0.25) is 0 Å². The molecule has 1 saturated heterocycles. The SMILES string of the molecule is CSc1ccccc1C(=O)N1CCCC(N(C)c2ncc(C)cn2)C1. The third kappa shape index (κ3) is 3.95. The maximum absolute atomic E-state index is 13.0. The number of amides is 1. The van der Waals surface area contributed by atoms with Crippen molar-refractivity contribution in [3.05, 3.63) is 47.8 Å². The molecule has 6 heteroatoms. The molecule has 1 unspecified atom stereocenters. The fraction of sp³-hybridized carbons (Fsp3) is 0.421. The number of likely N-dealkylation sites (tertiary alicyclic amines) is 1. The van der Waals surface area contributed by atoms with E-state index in [1.807, 2.05) is 61.8 Å². The molecule has 2 aromatic rings. The lowest BCUT2D eigenvalue weighted by Gasteiger charge is -2.37. The number of aryl methyl sites for hydroxylation is 1. The first-order chi connectivity index (χ1) is 12.1. The fourth-order valence-electron chi connectivity index (χ4n) is 3.18. The number of hydrogen-bond acceptors (Lipinski definition) is 5. The number of benzene rings is 1. The normalized spacial score (nSPS) is 17.4. The Kier molecular flexibility index (Phi) is 5.58. The second-order valence-corrected chi connectivity index (χ2v) is 7.27. The predicted molar refractivity (Wildman–Crippen MR) is 102 cm³/mol. The molecule has 1 aliphatic rings. The fourth-order valence-corrected chi connectivity index (χ4v) is 3.77. The van der Waals surface area contributed by atoms with E-state index in [9.17, 15) is 4.79 Å². The van der Waals surface area contributed by atoms with Crippen LogP contribution < -0.4 is 4.90 Å². The summed E-state index contributed by atoms with van der Waals surface area (Å²) in [6.45, 7) is 3.49. The van der Waals surface area contributed by atoms with Crippen LogP contribution in [-0.2, 0) is 0 Å². The average molecular weight is 356 g/mol. The van der Waals surface area contributed by atoms with Crippen LogP contribution in [0.1, 0.15) is 28.8 Å². The van der Waals surface area contributed by atoms with Gasteiger partial charge in [0.05, 0.1) is 5.56 Å². The van der Waals surface area contributed by atoms with Gasteiger partial charge in [0.15, 0.2) is 0 Å². The lowest BCUT2D eigenvalue weighted by molar-refractivity contribution is 0.0703. The number of hydrogen-bond donors (Lipinski definition) is 0. The number of likely N-dealkylation sites (N-methyl/N-ethyl adjacent to an activating group) is 1. The minimum absolute atomic E-state index is 0.118. The summed E-state index contributed by atoms with van der Waals surface area (Å²) in [6.07, 6.45) is 7.71. The molecule has 3 rings (SSSR count). The van der Waals surface area contributed by atoms with E-state index in [4.69, 9.17) is 0 Å². The monoisotopic (exact) mass is 356 g/mol. The van der Waals surface area contributed by atoms with Gasteiger partial charge < -0.3 is 9.80 Å². The lowest BCUT2D eigenvalue weighted by atomic mass is 10.0. The Hall–Kier alpha value is -2.08. The third-order valence-electron chi connectivity index (χ3n) is 4.65. The molecule has 0 bridgehead atoms. The van der Waals surface area contributed by atoms with Crippen LogP contribution in [0, 0.1) is 6.92 Å². The van der Waals surface area contributed by atoms with E-state index in [-0.39, 0.29) is 11.9 Å². The van der Waals surface area contributed by atoms with E-state index in [0.29, 0.717) is 6.54 Å². The van der Waals surface area contributed by atoms with Gasteiger partial charge in [-0.3, -0.25) is 4.79 Å². The van der Waals surface area contributed by atoms with E-state index < -0.39 is 0 Å². The number of anilines is 1. The molecule has 0 aliphatic carbocycles. The van der Waals surface area contributed by atoms with E-state index in [0.717, 1.165) is 41.4 Å². The molecule has 0 spiro atoms. The van der Waals surface area contributed by atoms with Gasteiger partial charge in [-0.05, 0) is 43.7 Å². The number of piperidine rings is 1. The molecule has 0 N–H and O–H groups in total. The zero-order valence-electron chi connectivity index (χ0n) is 15.0. The van der Waals surface area contributed by atoms with Gasteiger partial charge in [-0.2, -0.15) is 0 Å².